The molecule has 0 amide bonds. The van der Waals surface area contributed by atoms with Crippen molar-refractivity contribution in [1.82, 2.24) is 10.1 Å². The van der Waals surface area contributed by atoms with Gasteiger partial charge < -0.3 is 9.63 Å². The molecule has 4 nitrogen and oxygen atoms in total. The molecule has 106 valence electrons. The van der Waals surface area contributed by atoms with Gasteiger partial charge in [0.05, 0.1) is 10.0 Å². The van der Waals surface area contributed by atoms with Crippen LogP contribution in [0.25, 0.3) is 11.4 Å². The van der Waals surface area contributed by atoms with E-state index in [0.717, 1.165) is 0 Å². The molecule has 1 atom stereocenters. The van der Waals surface area contributed by atoms with Crippen molar-refractivity contribution in [3.8, 4) is 11.4 Å². The fourth-order valence-electron chi connectivity index (χ4n) is 1.88. The van der Waals surface area contributed by atoms with Crippen LogP contribution in [0.1, 0.15) is 17.6 Å². The highest BCUT2D eigenvalue weighted by atomic mass is 35.5. The van der Waals surface area contributed by atoms with Gasteiger partial charge in [-0.3, -0.25) is 0 Å². The second-order valence-electron chi connectivity index (χ2n) is 4.40. The molecule has 21 heavy (non-hydrogen) atoms. The first-order valence-electron chi connectivity index (χ1n) is 6.17. The van der Waals surface area contributed by atoms with Crippen LogP contribution in [-0.2, 0) is 0 Å². The third-order valence-corrected chi connectivity index (χ3v) is 3.71. The van der Waals surface area contributed by atoms with Crippen LogP contribution in [0.15, 0.2) is 53.1 Å². The molecular formula is C15H10Cl2N2O2. The summed E-state index contributed by atoms with van der Waals surface area (Å²) in [4.78, 5) is 4.20. The maximum absolute atomic E-state index is 10.2. The minimum Gasteiger partial charge on any atom is -0.378 e. The van der Waals surface area contributed by atoms with E-state index in [1.54, 1.807) is 30.3 Å². The van der Waals surface area contributed by atoms with Gasteiger partial charge in [-0.1, -0.05) is 58.7 Å². The third-order valence-electron chi connectivity index (χ3n) is 2.97. The van der Waals surface area contributed by atoms with Crippen molar-refractivity contribution in [3.63, 3.8) is 0 Å². The first-order chi connectivity index (χ1) is 10.1. The van der Waals surface area contributed by atoms with Gasteiger partial charge in [-0.2, -0.15) is 4.98 Å². The van der Waals surface area contributed by atoms with Gasteiger partial charge in [0.2, 0.25) is 5.82 Å². The van der Waals surface area contributed by atoms with Crippen molar-refractivity contribution < 1.29 is 9.63 Å². The molecule has 1 unspecified atom stereocenters. The smallest absolute Gasteiger partial charge is 0.260 e. The topological polar surface area (TPSA) is 59.2 Å². The van der Waals surface area contributed by atoms with Gasteiger partial charge in [-0.15, -0.1) is 0 Å². The fourth-order valence-corrected chi connectivity index (χ4v) is 2.17. The second kappa shape index (κ2) is 5.85. The minimum absolute atomic E-state index is 0.127. The number of aliphatic hydroxyl groups excluding tert-OH is 1. The van der Waals surface area contributed by atoms with E-state index in [0.29, 0.717) is 27.0 Å². The molecule has 0 radical (unpaired) electrons. The maximum atomic E-state index is 10.2. The van der Waals surface area contributed by atoms with Crippen LogP contribution in [0.2, 0.25) is 10.0 Å². The average Bonchev–Trinajstić information content (AvgIpc) is 3.00. The van der Waals surface area contributed by atoms with Crippen LogP contribution < -0.4 is 0 Å². The first kappa shape index (κ1) is 14.1. The lowest BCUT2D eigenvalue weighted by Gasteiger charge is -2.04. The zero-order chi connectivity index (χ0) is 14.8. The summed E-state index contributed by atoms with van der Waals surface area (Å²) in [6, 6.07) is 14.1. The van der Waals surface area contributed by atoms with Crippen LogP contribution in [0.4, 0.5) is 0 Å². The molecule has 0 saturated carbocycles. The molecule has 0 aliphatic rings. The zero-order valence-corrected chi connectivity index (χ0v) is 12.2. The zero-order valence-electron chi connectivity index (χ0n) is 10.7. The SMILES string of the molecule is OC(c1ccccc1)c1nc(-c2ccc(Cl)c(Cl)c2)no1. The second-order valence-corrected chi connectivity index (χ2v) is 5.21. The molecule has 3 aromatic rings. The Kier molecular flexibility index (Phi) is 3.92. The quantitative estimate of drug-likeness (QED) is 0.788. The van der Waals surface area contributed by atoms with E-state index in [-0.39, 0.29) is 5.89 Å². The lowest BCUT2D eigenvalue weighted by molar-refractivity contribution is 0.170. The largest absolute Gasteiger partial charge is 0.378 e. The van der Waals surface area contributed by atoms with Crippen molar-refractivity contribution in [3.05, 3.63) is 70.0 Å². The van der Waals surface area contributed by atoms with Crippen LogP contribution in [0.5, 0.6) is 0 Å². The molecule has 1 N–H and O–H groups in total. The van der Waals surface area contributed by atoms with Crippen molar-refractivity contribution in [2.45, 2.75) is 6.10 Å². The molecule has 0 aliphatic carbocycles. The number of halogens is 2. The molecule has 1 aromatic heterocycles. The summed E-state index contributed by atoms with van der Waals surface area (Å²) in [5.41, 5.74) is 1.35. The lowest BCUT2D eigenvalue weighted by atomic mass is 10.1. The molecular weight excluding hydrogens is 311 g/mol. The van der Waals surface area contributed by atoms with Crippen molar-refractivity contribution in [2.24, 2.45) is 0 Å². The lowest BCUT2D eigenvalue weighted by Crippen LogP contribution is -1.99. The molecule has 0 saturated heterocycles. The number of aliphatic hydroxyl groups is 1. The fraction of sp³-hybridized carbons (Fsp3) is 0.0667. The van der Waals surface area contributed by atoms with Crippen LogP contribution >= 0.6 is 23.2 Å². The minimum atomic E-state index is -0.963. The first-order valence-corrected chi connectivity index (χ1v) is 6.93. The summed E-state index contributed by atoms with van der Waals surface area (Å²) in [5, 5.41) is 14.9. The van der Waals surface area contributed by atoms with E-state index >= 15 is 0 Å². The molecule has 2 aromatic carbocycles. The van der Waals surface area contributed by atoms with E-state index in [9.17, 15) is 5.11 Å². The summed E-state index contributed by atoms with van der Waals surface area (Å²) >= 11 is 11.8. The Morgan fingerprint density at radius 1 is 1.00 bits per heavy atom. The van der Waals surface area contributed by atoms with Gasteiger partial charge in [0, 0.05) is 5.56 Å². The molecule has 0 aliphatic heterocycles. The van der Waals surface area contributed by atoms with Crippen molar-refractivity contribution >= 4 is 23.2 Å². The predicted molar refractivity (Wildman–Crippen MR) is 80.3 cm³/mol. The number of benzene rings is 2. The van der Waals surface area contributed by atoms with Crippen molar-refractivity contribution in [2.75, 3.05) is 0 Å². The maximum Gasteiger partial charge on any atom is 0.260 e. The Balaban J connectivity index is 1.91. The molecule has 0 fully saturated rings. The van der Waals surface area contributed by atoms with E-state index in [4.69, 9.17) is 27.7 Å². The number of rotatable bonds is 3. The van der Waals surface area contributed by atoms with Crippen LogP contribution in [0.3, 0.4) is 0 Å². The molecule has 6 heteroatoms. The molecule has 1 heterocycles. The molecule has 0 spiro atoms. The highest BCUT2D eigenvalue weighted by Gasteiger charge is 2.18. The Morgan fingerprint density at radius 2 is 1.76 bits per heavy atom. The van der Waals surface area contributed by atoms with Gasteiger partial charge in [-0.05, 0) is 23.8 Å². The number of aromatic nitrogens is 2. The van der Waals surface area contributed by atoms with E-state index in [1.807, 2.05) is 18.2 Å². The summed E-state index contributed by atoms with van der Waals surface area (Å²) in [7, 11) is 0. The van der Waals surface area contributed by atoms with E-state index in [2.05, 4.69) is 10.1 Å². The highest BCUT2D eigenvalue weighted by Crippen LogP contribution is 2.28. The number of hydrogen-bond donors (Lipinski definition) is 1. The molecule has 3 rings (SSSR count). The average molecular weight is 321 g/mol. The monoisotopic (exact) mass is 320 g/mol. The van der Waals surface area contributed by atoms with Gasteiger partial charge in [0.1, 0.15) is 0 Å². The van der Waals surface area contributed by atoms with Crippen LogP contribution in [0, 0.1) is 0 Å². The van der Waals surface area contributed by atoms with Gasteiger partial charge in [0.25, 0.3) is 5.89 Å². The summed E-state index contributed by atoms with van der Waals surface area (Å²) < 4.78 is 5.12. The van der Waals surface area contributed by atoms with Crippen LogP contribution in [-0.4, -0.2) is 15.2 Å². The number of hydrogen-bond acceptors (Lipinski definition) is 4. The van der Waals surface area contributed by atoms with Crippen molar-refractivity contribution in [1.29, 1.82) is 0 Å². The Morgan fingerprint density at radius 3 is 2.48 bits per heavy atom. The van der Waals surface area contributed by atoms with Gasteiger partial charge in [-0.25, -0.2) is 0 Å². The molecule has 0 bridgehead atoms. The summed E-state index contributed by atoms with van der Waals surface area (Å²) in [6.45, 7) is 0. The Hall–Kier alpha value is -1.88. The highest BCUT2D eigenvalue weighted by molar-refractivity contribution is 6.42. The Bertz CT molecular complexity index is 759. The van der Waals surface area contributed by atoms with Gasteiger partial charge in [0.15, 0.2) is 6.10 Å². The van der Waals surface area contributed by atoms with Gasteiger partial charge >= 0.3 is 0 Å². The normalized spacial score (nSPS) is 12.3. The van der Waals surface area contributed by atoms with E-state index < -0.39 is 6.10 Å². The standard InChI is InChI=1S/C15H10Cl2N2O2/c16-11-7-6-10(8-12(11)17)14-18-15(21-19-14)13(20)9-4-2-1-3-5-9/h1-8,13,20H. The van der Waals surface area contributed by atoms with E-state index in [1.165, 1.54) is 0 Å². The summed E-state index contributed by atoms with van der Waals surface area (Å²) in [5.74, 6) is 0.473. The predicted octanol–water partition coefficient (Wildman–Crippen LogP) is 4.13. The summed E-state index contributed by atoms with van der Waals surface area (Å²) in [6.07, 6.45) is -0.963. The number of nitrogens with zero attached hydrogens (tertiary/aromatic N) is 2. The third kappa shape index (κ3) is 2.93. The Labute approximate surface area is 130 Å².